The molecule has 0 atom stereocenters. The minimum atomic E-state index is -4.62. The van der Waals surface area contributed by atoms with Gasteiger partial charge in [-0.25, -0.2) is 4.79 Å². The predicted molar refractivity (Wildman–Crippen MR) is 125 cm³/mol. The van der Waals surface area contributed by atoms with Crippen LogP contribution in [0.1, 0.15) is 22.3 Å². The molecule has 0 unspecified atom stereocenters. The molecule has 190 valence electrons. The van der Waals surface area contributed by atoms with Gasteiger partial charge in [0.25, 0.3) is 0 Å². The van der Waals surface area contributed by atoms with Gasteiger partial charge in [0.15, 0.2) is 6.61 Å². The molecule has 0 aliphatic rings. The topological polar surface area (TPSA) is 46.5 Å². The number of hydrogen-bond donors (Lipinski definition) is 1. The maximum atomic E-state index is 13.3. The van der Waals surface area contributed by atoms with Gasteiger partial charge >= 0.3 is 18.3 Å². The maximum absolute atomic E-state index is 13.3. The zero-order valence-electron chi connectivity index (χ0n) is 18.2. The molecule has 11 heteroatoms. The second kappa shape index (κ2) is 11.3. The summed E-state index contributed by atoms with van der Waals surface area (Å²) >= 11 is 7.41. The van der Waals surface area contributed by atoms with Crippen molar-refractivity contribution in [2.45, 2.75) is 17.2 Å². The Morgan fingerprint density at radius 1 is 0.889 bits per heavy atom. The van der Waals surface area contributed by atoms with Crippen molar-refractivity contribution in [3.63, 3.8) is 0 Å². The first kappa shape index (κ1) is 27.5. The number of ether oxygens (including phenoxy) is 1. The van der Waals surface area contributed by atoms with Gasteiger partial charge in [0.2, 0.25) is 0 Å². The lowest BCUT2D eigenvalue weighted by atomic mass is 9.95. The van der Waals surface area contributed by atoms with E-state index in [9.17, 15) is 31.1 Å². The molecule has 0 saturated carbocycles. The van der Waals surface area contributed by atoms with Gasteiger partial charge in [-0.2, -0.15) is 26.3 Å². The number of aliphatic carboxylic acids is 1. The third-order valence-corrected chi connectivity index (χ3v) is 6.22. The Morgan fingerprint density at radius 3 is 1.92 bits per heavy atom. The normalized spacial score (nSPS) is 11.8. The second-order valence-corrected chi connectivity index (χ2v) is 8.83. The first-order valence-corrected chi connectivity index (χ1v) is 11.5. The van der Waals surface area contributed by atoms with E-state index in [4.69, 9.17) is 21.4 Å². The SMILES string of the molecule is O=C(O)COc1ccc(SCC=C(c2cccc(C(F)(F)F)c2)c2cccc(C(F)(F)F)c2)c(Cl)c1. The number of benzene rings is 3. The lowest BCUT2D eigenvalue weighted by Gasteiger charge is -2.14. The highest BCUT2D eigenvalue weighted by atomic mass is 35.5. The van der Waals surface area contributed by atoms with E-state index in [1.807, 2.05) is 0 Å². The standard InChI is InChI=1S/C25H17ClF6O3S/c26-21-13-19(35-14-23(33)34)7-8-22(21)36-10-9-20(15-3-1-5-17(11-15)24(27,28)29)16-4-2-6-18(12-16)25(30,31)32/h1-9,11-13H,10,14H2,(H,33,34). The fourth-order valence-corrected chi connectivity index (χ4v) is 4.30. The van der Waals surface area contributed by atoms with Crippen LogP contribution in [0, 0.1) is 0 Å². The Hall–Kier alpha value is -3.11. The van der Waals surface area contributed by atoms with E-state index >= 15 is 0 Å². The third kappa shape index (κ3) is 7.44. The van der Waals surface area contributed by atoms with E-state index in [1.54, 1.807) is 6.07 Å². The average molecular weight is 547 g/mol. The predicted octanol–water partition coefficient (Wildman–Crippen LogP) is 8.07. The van der Waals surface area contributed by atoms with Gasteiger partial charge in [-0.05, 0) is 59.2 Å². The Morgan fingerprint density at radius 2 is 1.44 bits per heavy atom. The van der Waals surface area contributed by atoms with Crippen LogP contribution in [0.4, 0.5) is 26.3 Å². The number of alkyl halides is 6. The number of carboxylic acids is 1. The van der Waals surface area contributed by atoms with Crippen LogP contribution in [-0.4, -0.2) is 23.4 Å². The lowest BCUT2D eigenvalue weighted by molar-refractivity contribution is -0.139. The lowest BCUT2D eigenvalue weighted by Crippen LogP contribution is -2.09. The fourth-order valence-electron chi connectivity index (χ4n) is 3.18. The van der Waals surface area contributed by atoms with Crippen LogP contribution in [-0.2, 0) is 17.1 Å². The van der Waals surface area contributed by atoms with Crippen LogP contribution in [0.2, 0.25) is 5.02 Å². The van der Waals surface area contributed by atoms with Gasteiger partial charge in [-0.3, -0.25) is 0 Å². The van der Waals surface area contributed by atoms with E-state index in [-0.39, 0.29) is 33.2 Å². The maximum Gasteiger partial charge on any atom is 0.416 e. The molecule has 0 fully saturated rings. The molecule has 0 spiro atoms. The number of thioether (sulfide) groups is 1. The molecule has 0 bridgehead atoms. The van der Waals surface area contributed by atoms with Gasteiger partial charge in [0, 0.05) is 10.6 Å². The summed E-state index contributed by atoms with van der Waals surface area (Å²) in [5.74, 6) is -0.765. The van der Waals surface area contributed by atoms with Gasteiger partial charge in [0.1, 0.15) is 5.75 Å². The van der Waals surface area contributed by atoms with E-state index in [0.717, 1.165) is 24.3 Å². The summed E-state index contributed by atoms with van der Waals surface area (Å²) in [6, 6.07) is 13.2. The van der Waals surface area contributed by atoms with Crippen molar-refractivity contribution < 1.29 is 41.0 Å². The minimum Gasteiger partial charge on any atom is -0.482 e. The fraction of sp³-hybridized carbons (Fsp3) is 0.160. The highest BCUT2D eigenvalue weighted by Crippen LogP contribution is 2.36. The molecular weight excluding hydrogens is 530 g/mol. The molecule has 0 saturated heterocycles. The van der Waals surface area contributed by atoms with E-state index in [0.29, 0.717) is 4.90 Å². The van der Waals surface area contributed by atoms with Gasteiger partial charge in [0.05, 0.1) is 16.1 Å². The first-order valence-electron chi connectivity index (χ1n) is 10.2. The average Bonchev–Trinajstić information content (AvgIpc) is 2.80. The van der Waals surface area contributed by atoms with Crippen molar-refractivity contribution in [1.29, 1.82) is 0 Å². The molecule has 3 rings (SSSR count). The molecule has 0 heterocycles. The molecule has 0 aliphatic heterocycles. The van der Waals surface area contributed by atoms with E-state index < -0.39 is 36.1 Å². The van der Waals surface area contributed by atoms with Crippen molar-refractivity contribution in [3.8, 4) is 5.75 Å². The Labute approximate surface area is 211 Å². The van der Waals surface area contributed by atoms with Crippen LogP contribution in [0.5, 0.6) is 5.75 Å². The zero-order chi connectivity index (χ0) is 26.5. The number of hydrogen-bond acceptors (Lipinski definition) is 3. The smallest absolute Gasteiger partial charge is 0.416 e. The molecule has 0 aromatic heterocycles. The van der Waals surface area contributed by atoms with Crippen molar-refractivity contribution >= 4 is 34.9 Å². The molecule has 3 nitrogen and oxygen atoms in total. The van der Waals surface area contributed by atoms with Gasteiger partial charge in [-0.1, -0.05) is 41.9 Å². The number of carbonyl (C=O) groups is 1. The summed E-state index contributed by atoms with van der Waals surface area (Å²) in [6.07, 6.45) is -7.72. The molecule has 3 aromatic carbocycles. The molecule has 1 N–H and O–H groups in total. The summed E-state index contributed by atoms with van der Waals surface area (Å²) in [6.45, 7) is -0.553. The van der Waals surface area contributed by atoms with Crippen molar-refractivity contribution in [3.05, 3.63) is 100 Å². The first-order chi connectivity index (χ1) is 16.8. The van der Waals surface area contributed by atoms with Crippen LogP contribution >= 0.6 is 23.4 Å². The van der Waals surface area contributed by atoms with Crippen molar-refractivity contribution in [1.82, 2.24) is 0 Å². The second-order valence-electron chi connectivity index (χ2n) is 7.36. The largest absolute Gasteiger partial charge is 0.482 e. The highest BCUT2D eigenvalue weighted by Gasteiger charge is 2.32. The van der Waals surface area contributed by atoms with Crippen LogP contribution in [0.25, 0.3) is 5.57 Å². The van der Waals surface area contributed by atoms with Crippen molar-refractivity contribution in [2.24, 2.45) is 0 Å². The van der Waals surface area contributed by atoms with Gasteiger partial charge < -0.3 is 9.84 Å². The third-order valence-electron chi connectivity index (χ3n) is 4.79. The van der Waals surface area contributed by atoms with Crippen LogP contribution < -0.4 is 4.74 Å². The zero-order valence-corrected chi connectivity index (χ0v) is 19.7. The highest BCUT2D eigenvalue weighted by molar-refractivity contribution is 7.99. The molecular formula is C25H17ClF6O3S. The summed E-state index contributed by atoms with van der Waals surface area (Å²) in [7, 11) is 0. The Bertz CT molecular complexity index is 1210. The molecule has 0 radical (unpaired) electrons. The van der Waals surface area contributed by atoms with Crippen LogP contribution in [0.3, 0.4) is 0 Å². The molecule has 3 aromatic rings. The molecule has 36 heavy (non-hydrogen) atoms. The monoisotopic (exact) mass is 546 g/mol. The van der Waals surface area contributed by atoms with Crippen molar-refractivity contribution in [2.75, 3.05) is 12.4 Å². The number of carboxylic acid groups (broad SMARTS) is 1. The van der Waals surface area contributed by atoms with Crippen LogP contribution in [0.15, 0.2) is 77.7 Å². The number of rotatable bonds is 8. The number of halogens is 7. The quantitative estimate of drug-likeness (QED) is 0.229. The summed E-state index contributed by atoms with van der Waals surface area (Å²) in [4.78, 5) is 11.2. The molecule has 0 amide bonds. The summed E-state index contributed by atoms with van der Waals surface area (Å²) in [5.41, 5.74) is -1.45. The van der Waals surface area contributed by atoms with Gasteiger partial charge in [-0.15, -0.1) is 11.8 Å². The summed E-state index contributed by atoms with van der Waals surface area (Å²) in [5, 5.41) is 8.93. The summed E-state index contributed by atoms with van der Waals surface area (Å²) < 4.78 is 84.7. The Kier molecular flexibility index (Phi) is 8.63. The van der Waals surface area contributed by atoms with E-state index in [1.165, 1.54) is 54.2 Å². The molecule has 0 aliphatic carbocycles. The minimum absolute atomic E-state index is 0.105. The Balaban J connectivity index is 1.94. The van der Waals surface area contributed by atoms with E-state index in [2.05, 4.69) is 0 Å².